The van der Waals surface area contributed by atoms with E-state index in [1.54, 1.807) is 0 Å². The Hall–Kier alpha value is -2.77. The number of esters is 1. The molecule has 0 aliphatic rings. The maximum Gasteiger partial charge on any atom is 0.364 e. The second-order valence-corrected chi connectivity index (χ2v) is 3.31. The van der Waals surface area contributed by atoms with Gasteiger partial charge in [-0.2, -0.15) is 0 Å². The van der Waals surface area contributed by atoms with E-state index >= 15 is 0 Å². The van der Waals surface area contributed by atoms with Crippen LogP contribution in [-0.2, 0) is 9.53 Å². The molecule has 1 N–H and O–H groups in total. The number of nitroso groups, excluding NO2 is 1. The summed E-state index contributed by atoms with van der Waals surface area (Å²) < 4.78 is 4.54. The summed E-state index contributed by atoms with van der Waals surface area (Å²) in [4.78, 5) is 31.7. The molecular weight excluding hydrogens is 256 g/mol. The number of rotatable bonds is 5. The van der Waals surface area contributed by atoms with Crippen LogP contribution in [0, 0.1) is 15.0 Å². The first-order valence-corrected chi connectivity index (χ1v) is 5.19. The van der Waals surface area contributed by atoms with Gasteiger partial charge in [-0.15, -0.1) is 4.91 Å². The minimum Gasteiger partial charge on any atom is -0.505 e. The molecule has 100 valence electrons. The van der Waals surface area contributed by atoms with Crippen molar-refractivity contribution in [3.8, 4) is 0 Å². The lowest BCUT2D eigenvalue weighted by Gasteiger charge is -2.03. The summed E-state index contributed by atoms with van der Waals surface area (Å²) in [7, 11) is 0. The van der Waals surface area contributed by atoms with Crippen LogP contribution in [0.2, 0.25) is 0 Å². The summed E-state index contributed by atoms with van der Waals surface area (Å²) in [5.74, 6) is -1.75. The highest BCUT2D eigenvalue weighted by molar-refractivity contribution is 5.95. The number of nitrogens with zero attached hydrogens (tertiary/aromatic N) is 2. The zero-order valence-corrected chi connectivity index (χ0v) is 9.90. The molecule has 0 aliphatic carbocycles. The molecule has 19 heavy (non-hydrogen) atoms. The number of nitro benzene ring substituents is 1. The van der Waals surface area contributed by atoms with Crippen LogP contribution in [-0.4, -0.2) is 22.6 Å². The monoisotopic (exact) mass is 266 g/mol. The quantitative estimate of drug-likeness (QED) is 0.218. The van der Waals surface area contributed by atoms with Crippen LogP contribution in [0.3, 0.4) is 0 Å². The Kier molecular flexibility index (Phi) is 4.69. The third-order valence-electron chi connectivity index (χ3n) is 2.14. The molecule has 1 aromatic rings. The van der Waals surface area contributed by atoms with E-state index in [1.807, 2.05) is 0 Å². The Labute approximate surface area is 107 Å². The van der Waals surface area contributed by atoms with Crippen molar-refractivity contribution < 1.29 is 19.6 Å². The predicted octanol–water partition coefficient (Wildman–Crippen LogP) is 2.15. The fourth-order valence-electron chi connectivity index (χ4n) is 1.25. The van der Waals surface area contributed by atoms with Crippen molar-refractivity contribution in [2.45, 2.75) is 6.92 Å². The summed E-state index contributed by atoms with van der Waals surface area (Å²) in [5.41, 5.74) is -0.919. The number of carbonyl (C=O) groups is 1. The van der Waals surface area contributed by atoms with Gasteiger partial charge in [0.2, 0.25) is 5.70 Å². The SMILES string of the molecule is CCOC(=O)C(N=O)=C(O)c1ccc([N+](=O)[O-])cc1. The molecule has 0 bridgehead atoms. The molecule has 0 atom stereocenters. The summed E-state index contributed by atoms with van der Waals surface area (Å²) in [6, 6.07) is 4.63. The Morgan fingerprint density at radius 2 is 2.00 bits per heavy atom. The number of hydrogen-bond acceptors (Lipinski definition) is 7. The standard InChI is InChI=1S/C11H10N2O6/c1-2-19-11(15)9(12-16)10(14)7-3-5-8(6-4-7)13(17)18/h3-6,14H,2H2,1H3. The third kappa shape index (κ3) is 3.35. The summed E-state index contributed by atoms with van der Waals surface area (Å²) in [6.07, 6.45) is 0. The number of ether oxygens (including phenoxy) is 1. The van der Waals surface area contributed by atoms with Gasteiger partial charge in [0.15, 0.2) is 5.76 Å². The topological polar surface area (TPSA) is 119 Å². The van der Waals surface area contributed by atoms with Crippen LogP contribution < -0.4 is 0 Å². The Morgan fingerprint density at radius 1 is 1.42 bits per heavy atom. The van der Waals surface area contributed by atoms with Gasteiger partial charge in [-0.1, -0.05) is 0 Å². The van der Waals surface area contributed by atoms with Crippen molar-refractivity contribution in [3.05, 3.63) is 50.5 Å². The number of non-ortho nitro benzene ring substituents is 1. The Balaban J connectivity index is 3.14. The van der Waals surface area contributed by atoms with Crippen molar-refractivity contribution >= 4 is 17.4 Å². The van der Waals surface area contributed by atoms with Crippen molar-refractivity contribution in [2.24, 2.45) is 5.18 Å². The van der Waals surface area contributed by atoms with Crippen molar-refractivity contribution in [2.75, 3.05) is 6.61 Å². The molecule has 0 fully saturated rings. The second-order valence-electron chi connectivity index (χ2n) is 3.31. The van der Waals surface area contributed by atoms with E-state index in [-0.39, 0.29) is 17.9 Å². The molecule has 0 unspecified atom stereocenters. The van der Waals surface area contributed by atoms with Gasteiger partial charge in [0.05, 0.1) is 11.5 Å². The van der Waals surface area contributed by atoms with Crippen LogP contribution in [0.4, 0.5) is 5.69 Å². The molecule has 1 aromatic carbocycles. The Morgan fingerprint density at radius 3 is 2.42 bits per heavy atom. The number of aliphatic hydroxyl groups is 1. The van der Waals surface area contributed by atoms with E-state index < -0.39 is 22.3 Å². The third-order valence-corrected chi connectivity index (χ3v) is 2.14. The molecule has 0 amide bonds. The predicted molar refractivity (Wildman–Crippen MR) is 65.1 cm³/mol. The maximum absolute atomic E-state index is 11.3. The molecule has 0 saturated heterocycles. The highest BCUT2D eigenvalue weighted by Crippen LogP contribution is 2.21. The van der Waals surface area contributed by atoms with E-state index in [0.717, 1.165) is 12.1 Å². The van der Waals surface area contributed by atoms with Crippen LogP contribution in [0.15, 0.2) is 35.1 Å². The molecule has 1 rings (SSSR count). The zero-order chi connectivity index (χ0) is 14.4. The molecule has 0 radical (unpaired) electrons. The number of benzene rings is 1. The minimum atomic E-state index is -1.06. The smallest absolute Gasteiger partial charge is 0.364 e. The maximum atomic E-state index is 11.3. The first kappa shape index (κ1) is 14.3. The Bertz CT molecular complexity index is 535. The van der Waals surface area contributed by atoms with Crippen molar-refractivity contribution in [1.82, 2.24) is 0 Å². The summed E-state index contributed by atoms with van der Waals surface area (Å²) in [5, 5.41) is 22.6. The van der Waals surface area contributed by atoms with Gasteiger partial charge >= 0.3 is 5.97 Å². The molecule has 0 spiro atoms. The van der Waals surface area contributed by atoms with Crippen molar-refractivity contribution in [3.63, 3.8) is 0 Å². The molecule has 0 heterocycles. The fraction of sp³-hybridized carbons (Fsp3) is 0.182. The number of nitro groups is 1. The van der Waals surface area contributed by atoms with E-state index in [2.05, 4.69) is 9.91 Å². The van der Waals surface area contributed by atoms with Gasteiger partial charge in [0.1, 0.15) is 0 Å². The van der Waals surface area contributed by atoms with Gasteiger partial charge in [0, 0.05) is 17.7 Å². The number of carbonyl (C=O) groups excluding carboxylic acids is 1. The van der Waals surface area contributed by atoms with Gasteiger partial charge in [-0.3, -0.25) is 10.1 Å². The van der Waals surface area contributed by atoms with Crippen LogP contribution in [0.25, 0.3) is 5.76 Å². The van der Waals surface area contributed by atoms with E-state index in [4.69, 9.17) is 0 Å². The normalized spacial score (nSPS) is 11.4. The second kappa shape index (κ2) is 6.24. The lowest BCUT2D eigenvalue weighted by molar-refractivity contribution is -0.384. The highest BCUT2D eigenvalue weighted by atomic mass is 16.6. The van der Waals surface area contributed by atoms with Gasteiger partial charge in [-0.25, -0.2) is 4.79 Å². The van der Waals surface area contributed by atoms with Crippen molar-refractivity contribution in [1.29, 1.82) is 0 Å². The summed E-state index contributed by atoms with van der Waals surface area (Å²) in [6.45, 7) is 1.55. The van der Waals surface area contributed by atoms with Crippen LogP contribution >= 0.6 is 0 Å². The van der Waals surface area contributed by atoms with Gasteiger partial charge in [0.25, 0.3) is 5.69 Å². The number of hydrogen-bond donors (Lipinski definition) is 1. The molecular formula is C11H10N2O6. The van der Waals surface area contributed by atoms with E-state index in [9.17, 15) is 24.9 Å². The van der Waals surface area contributed by atoms with E-state index in [1.165, 1.54) is 19.1 Å². The first-order chi connectivity index (χ1) is 9.01. The molecule has 0 aromatic heterocycles. The average Bonchev–Trinajstić information content (AvgIpc) is 2.39. The average molecular weight is 266 g/mol. The first-order valence-electron chi connectivity index (χ1n) is 5.19. The van der Waals surface area contributed by atoms with Crippen LogP contribution in [0.1, 0.15) is 12.5 Å². The molecule has 0 saturated carbocycles. The molecule has 8 nitrogen and oxygen atoms in total. The lowest BCUT2D eigenvalue weighted by atomic mass is 10.1. The zero-order valence-electron chi connectivity index (χ0n) is 9.90. The minimum absolute atomic E-state index is 0.0192. The molecule has 0 aliphatic heterocycles. The van der Waals surface area contributed by atoms with Gasteiger partial charge in [-0.05, 0) is 24.2 Å². The van der Waals surface area contributed by atoms with Crippen LogP contribution in [0.5, 0.6) is 0 Å². The fourth-order valence-corrected chi connectivity index (χ4v) is 1.25. The van der Waals surface area contributed by atoms with E-state index in [0.29, 0.717) is 0 Å². The van der Waals surface area contributed by atoms with Gasteiger partial charge < -0.3 is 9.84 Å². The largest absolute Gasteiger partial charge is 0.505 e. The number of aliphatic hydroxyl groups excluding tert-OH is 1. The highest BCUT2D eigenvalue weighted by Gasteiger charge is 2.19. The summed E-state index contributed by atoms with van der Waals surface area (Å²) >= 11 is 0. The molecule has 8 heteroatoms. The lowest BCUT2D eigenvalue weighted by Crippen LogP contribution is -2.08.